The summed E-state index contributed by atoms with van der Waals surface area (Å²) in [5, 5.41) is 0. The molecule has 1 saturated heterocycles. The third-order valence-corrected chi connectivity index (χ3v) is 6.67. The predicted molar refractivity (Wildman–Crippen MR) is 99.2 cm³/mol. The van der Waals surface area contributed by atoms with Gasteiger partial charge in [-0.15, -0.1) is 0 Å². The van der Waals surface area contributed by atoms with Crippen LogP contribution in [0.3, 0.4) is 0 Å². The number of rotatable bonds is 1. The molecule has 124 valence electrons. The van der Waals surface area contributed by atoms with Crippen molar-refractivity contribution in [2.75, 3.05) is 6.54 Å². The van der Waals surface area contributed by atoms with Crippen LogP contribution in [0.5, 0.6) is 0 Å². The Hall–Kier alpha value is -1.60. The molecule has 0 N–H and O–H groups in total. The lowest BCUT2D eigenvalue weighted by atomic mass is 9.77. The number of fused-ring (bicyclic) bond motifs is 3. The van der Waals surface area contributed by atoms with Crippen molar-refractivity contribution in [2.24, 2.45) is 5.92 Å². The topological polar surface area (TPSA) is 3.24 Å². The monoisotopic (exact) mass is 317 g/mol. The van der Waals surface area contributed by atoms with E-state index in [1.807, 2.05) is 0 Å². The second kappa shape index (κ2) is 6.04. The average Bonchev–Trinajstić information content (AvgIpc) is 2.61. The van der Waals surface area contributed by atoms with Crippen molar-refractivity contribution in [3.8, 4) is 0 Å². The minimum Gasteiger partial charge on any atom is -0.293 e. The standard InChI is InChI=1S/C23H27N/c1-2-8-20-15-21-13-12-17(14-19(20)7-1)16-24(21)23-11-5-9-18-6-3-4-10-22(18)23/h1-4,6-8,10,17,21,23H,5,9,11-16H2/t17-,21+,23+/m1/s1. The third kappa shape index (κ3) is 2.50. The lowest BCUT2D eigenvalue weighted by Gasteiger charge is -2.48. The Morgan fingerprint density at radius 2 is 1.50 bits per heavy atom. The number of hydrogen-bond acceptors (Lipinski definition) is 1. The number of hydrogen-bond donors (Lipinski definition) is 0. The first kappa shape index (κ1) is 14.7. The van der Waals surface area contributed by atoms with Crippen molar-refractivity contribution in [1.82, 2.24) is 4.90 Å². The molecule has 0 spiro atoms. The van der Waals surface area contributed by atoms with E-state index >= 15 is 0 Å². The summed E-state index contributed by atoms with van der Waals surface area (Å²) in [6, 6.07) is 19.8. The molecule has 6 rings (SSSR count). The van der Waals surface area contributed by atoms with E-state index in [4.69, 9.17) is 0 Å². The van der Waals surface area contributed by atoms with Crippen molar-refractivity contribution in [3.63, 3.8) is 0 Å². The molecule has 0 radical (unpaired) electrons. The maximum absolute atomic E-state index is 2.90. The Balaban J connectivity index is 1.50. The fourth-order valence-electron chi connectivity index (χ4n) is 5.49. The van der Waals surface area contributed by atoms with Crippen molar-refractivity contribution in [1.29, 1.82) is 0 Å². The smallest absolute Gasteiger partial charge is 0.0354 e. The van der Waals surface area contributed by atoms with Gasteiger partial charge in [0, 0.05) is 18.6 Å². The number of nitrogens with zero attached hydrogens (tertiary/aromatic N) is 1. The molecule has 0 aromatic heterocycles. The van der Waals surface area contributed by atoms with Gasteiger partial charge in [-0.2, -0.15) is 0 Å². The zero-order chi connectivity index (χ0) is 15.9. The highest BCUT2D eigenvalue weighted by Gasteiger charge is 2.37. The minimum absolute atomic E-state index is 0.660. The van der Waals surface area contributed by atoms with Gasteiger partial charge in [-0.1, -0.05) is 48.5 Å². The molecule has 0 unspecified atom stereocenters. The normalized spacial score (nSPS) is 29.4. The molecule has 2 bridgehead atoms. The zero-order valence-electron chi connectivity index (χ0n) is 14.5. The van der Waals surface area contributed by atoms with Gasteiger partial charge in [-0.3, -0.25) is 4.90 Å². The van der Waals surface area contributed by atoms with Gasteiger partial charge in [0.15, 0.2) is 0 Å². The van der Waals surface area contributed by atoms with E-state index < -0.39 is 0 Å². The van der Waals surface area contributed by atoms with Gasteiger partial charge in [-0.25, -0.2) is 0 Å². The van der Waals surface area contributed by atoms with E-state index in [-0.39, 0.29) is 0 Å². The molecule has 2 aromatic carbocycles. The van der Waals surface area contributed by atoms with Crippen molar-refractivity contribution < 1.29 is 0 Å². The Kier molecular flexibility index (Phi) is 3.70. The fourth-order valence-corrected chi connectivity index (χ4v) is 5.49. The van der Waals surface area contributed by atoms with Gasteiger partial charge in [0.05, 0.1) is 0 Å². The molecule has 1 heteroatoms. The highest BCUT2D eigenvalue weighted by atomic mass is 15.2. The van der Waals surface area contributed by atoms with Crippen LogP contribution in [0, 0.1) is 5.92 Å². The Labute approximate surface area is 145 Å². The SMILES string of the molecule is c1ccc2c(c1)C[C@H]1CC[C@@H](C2)N([C@H]2CCCc3ccccc32)C1. The van der Waals surface area contributed by atoms with Crippen LogP contribution in [0.4, 0.5) is 0 Å². The summed E-state index contributed by atoms with van der Waals surface area (Å²) in [7, 11) is 0. The summed E-state index contributed by atoms with van der Waals surface area (Å²) in [5.74, 6) is 0.844. The van der Waals surface area contributed by atoms with Crippen molar-refractivity contribution >= 4 is 0 Å². The lowest BCUT2D eigenvalue weighted by molar-refractivity contribution is 0.0493. The molecule has 2 heterocycles. The summed E-state index contributed by atoms with van der Waals surface area (Å²) < 4.78 is 0. The maximum atomic E-state index is 2.90. The molecular formula is C23H27N. The minimum atomic E-state index is 0.660. The van der Waals surface area contributed by atoms with Gasteiger partial charge in [0.1, 0.15) is 0 Å². The Bertz CT molecular complexity index is 734. The van der Waals surface area contributed by atoms with E-state index in [1.54, 1.807) is 22.3 Å². The molecule has 1 nitrogen and oxygen atoms in total. The molecule has 24 heavy (non-hydrogen) atoms. The maximum Gasteiger partial charge on any atom is 0.0354 e. The Morgan fingerprint density at radius 1 is 0.750 bits per heavy atom. The van der Waals surface area contributed by atoms with Crippen LogP contribution in [0.1, 0.15) is 54.0 Å². The van der Waals surface area contributed by atoms with E-state index in [9.17, 15) is 0 Å². The van der Waals surface area contributed by atoms with Gasteiger partial charge in [0.2, 0.25) is 0 Å². The third-order valence-electron chi connectivity index (χ3n) is 6.67. The molecule has 2 aromatic rings. The van der Waals surface area contributed by atoms with Crippen LogP contribution in [-0.4, -0.2) is 17.5 Å². The fraction of sp³-hybridized carbons (Fsp3) is 0.478. The first-order valence-electron chi connectivity index (χ1n) is 9.79. The van der Waals surface area contributed by atoms with E-state index in [0.29, 0.717) is 6.04 Å². The predicted octanol–water partition coefficient (Wildman–Crippen LogP) is 4.94. The first-order chi connectivity index (χ1) is 11.9. The highest BCUT2D eigenvalue weighted by molar-refractivity contribution is 5.34. The summed E-state index contributed by atoms with van der Waals surface area (Å²) in [6.07, 6.45) is 9.32. The quantitative estimate of drug-likeness (QED) is 0.720. The largest absolute Gasteiger partial charge is 0.293 e. The molecule has 0 amide bonds. The molecule has 3 atom stereocenters. The second-order valence-electron chi connectivity index (χ2n) is 8.08. The van der Waals surface area contributed by atoms with Crippen LogP contribution in [0.25, 0.3) is 0 Å². The summed E-state index contributed by atoms with van der Waals surface area (Å²) >= 11 is 0. The molecular weight excluding hydrogens is 290 g/mol. The summed E-state index contributed by atoms with van der Waals surface area (Å²) in [4.78, 5) is 2.90. The molecule has 2 aliphatic carbocycles. The van der Waals surface area contributed by atoms with Crippen LogP contribution >= 0.6 is 0 Å². The number of piperidine rings is 1. The summed E-state index contributed by atoms with van der Waals surface area (Å²) in [6.45, 7) is 1.30. The van der Waals surface area contributed by atoms with Gasteiger partial charge >= 0.3 is 0 Å². The molecule has 1 fully saturated rings. The zero-order valence-corrected chi connectivity index (χ0v) is 14.5. The first-order valence-corrected chi connectivity index (χ1v) is 9.79. The van der Waals surface area contributed by atoms with Gasteiger partial charge in [-0.05, 0) is 73.1 Å². The lowest BCUT2D eigenvalue weighted by Crippen LogP contribution is -2.48. The Morgan fingerprint density at radius 3 is 2.38 bits per heavy atom. The molecule has 0 saturated carbocycles. The average molecular weight is 317 g/mol. The number of benzene rings is 2. The van der Waals surface area contributed by atoms with Crippen molar-refractivity contribution in [2.45, 2.75) is 57.0 Å². The second-order valence-corrected chi connectivity index (χ2v) is 8.08. The highest BCUT2D eigenvalue weighted by Crippen LogP contribution is 2.41. The summed E-state index contributed by atoms with van der Waals surface area (Å²) in [5.41, 5.74) is 6.47. The van der Waals surface area contributed by atoms with Crippen LogP contribution in [-0.2, 0) is 19.3 Å². The van der Waals surface area contributed by atoms with Crippen molar-refractivity contribution in [3.05, 3.63) is 70.8 Å². The van der Waals surface area contributed by atoms with E-state index in [1.165, 1.54) is 51.5 Å². The van der Waals surface area contributed by atoms with Gasteiger partial charge in [0.25, 0.3) is 0 Å². The number of aryl methyl sites for hydroxylation is 1. The van der Waals surface area contributed by atoms with Gasteiger partial charge < -0.3 is 0 Å². The van der Waals surface area contributed by atoms with E-state index in [0.717, 1.165) is 12.0 Å². The molecule has 4 aliphatic rings. The van der Waals surface area contributed by atoms with E-state index in [2.05, 4.69) is 53.4 Å². The molecule has 2 aliphatic heterocycles. The van der Waals surface area contributed by atoms with Crippen LogP contribution in [0.2, 0.25) is 0 Å². The van der Waals surface area contributed by atoms with Crippen LogP contribution in [0.15, 0.2) is 48.5 Å². The van der Waals surface area contributed by atoms with Crippen LogP contribution < -0.4 is 0 Å².